The van der Waals surface area contributed by atoms with Gasteiger partial charge < -0.3 is 19.4 Å². The van der Waals surface area contributed by atoms with Gasteiger partial charge >= 0.3 is 11.7 Å². The fourth-order valence-electron chi connectivity index (χ4n) is 4.80. The van der Waals surface area contributed by atoms with Gasteiger partial charge in [0.1, 0.15) is 11.4 Å². The average molecular weight is 466 g/mol. The van der Waals surface area contributed by atoms with Crippen molar-refractivity contribution in [2.24, 2.45) is 0 Å². The minimum absolute atomic E-state index is 0.269. The van der Waals surface area contributed by atoms with Crippen molar-refractivity contribution < 1.29 is 14.3 Å². The van der Waals surface area contributed by atoms with E-state index in [4.69, 9.17) is 9.47 Å². The second kappa shape index (κ2) is 8.94. The summed E-state index contributed by atoms with van der Waals surface area (Å²) in [5.41, 5.74) is 2.05. The number of carbonyl (C=O) groups is 1. The topological polar surface area (TPSA) is 110 Å². The molecule has 1 fully saturated rings. The molecule has 0 aliphatic carbocycles. The SMILES string of the molecule is CCn1c(=O)[nH]c2cc3c(cc2c1=O)OCC[C@H]1CN(c2ccc(C(=O)OC)nc2)CCN1C3. The van der Waals surface area contributed by atoms with Gasteiger partial charge in [0.25, 0.3) is 5.56 Å². The van der Waals surface area contributed by atoms with Crippen LogP contribution < -0.4 is 20.9 Å². The van der Waals surface area contributed by atoms with E-state index in [1.807, 2.05) is 12.1 Å². The summed E-state index contributed by atoms with van der Waals surface area (Å²) in [7, 11) is 1.34. The molecule has 1 saturated heterocycles. The lowest BCUT2D eigenvalue weighted by Gasteiger charge is -2.43. The van der Waals surface area contributed by atoms with E-state index in [2.05, 4.69) is 19.8 Å². The lowest BCUT2D eigenvalue weighted by atomic mass is 10.0. The number of pyridine rings is 1. The van der Waals surface area contributed by atoms with Crippen LogP contribution in [-0.4, -0.2) is 64.8 Å². The second-order valence-electron chi connectivity index (χ2n) is 8.59. The normalized spacial score (nSPS) is 18.4. The Kier molecular flexibility index (Phi) is 5.82. The van der Waals surface area contributed by atoms with E-state index >= 15 is 0 Å². The first-order chi connectivity index (χ1) is 16.5. The molecule has 0 unspecified atom stereocenters. The van der Waals surface area contributed by atoms with E-state index in [9.17, 15) is 14.4 Å². The van der Waals surface area contributed by atoms with Gasteiger partial charge in [-0.1, -0.05) is 0 Å². The van der Waals surface area contributed by atoms with Gasteiger partial charge in [0.2, 0.25) is 0 Å². The Hall–Kier alpha value is -3.66. The highest BCUT2D eigenvalue weighted by Gasteiger charge is 2.30. The first-order valence-electron chi connectivity index (χ1n) is 11.4. The molecule has 0 bridgehead atoms. The molecule has 1 atom stereocenters. The number of methoxy groups -OCH3 is 1. The average Bonchev–Trinajstić information content (AvgIpc) is 2.84. The molecule has 2 aromatic heterocycles. The molecule has 2 aliphatic heterocycles. The zero-order chi connectivity index (χ0) is 23.8. The number of anilines is 1. The summed E-state index contributed by atoms with van der Waals surface area (Å²) in [5.74, 6) is 0.248. The van der Waals surface area contributed by atoms with Crippen LogP contribution in [0.15, 0.2) is 40.1 Å². The Labute approximate surface area is 195 Å². The number of esters is 1. The summed E-state index contributed by atoms with van der Waals surface area (Å²) in [4.78, 5) is 48.4. The third-order valence-electron chi connectivity index (χ3n) is 6.67. The summed E-state index contributed by atoms with van der Waals surface area (Å²) >= 11 is 0. The van der Waals surface area contributed by atoms with Crippen molar-refractivity contribution in [2.75, 3.05) is 38.3 Å². The number of nitrogens with zero attached hydrogens (tertiary/aromatic N) is 4. The van der Waals surface area contributed by atoms with Crippen LogP contribution in [0.5, 0.6) is 5.75 Å². The predicted molar refractivity (Wildman–Crippen MR) is 127 cm³/mol. The molecule has 0 saturated carbocycles. The molecule has 178 valence electrons. The van der Waals surface area contributed by atoms with Crippen LogP contribution in [0.2, 0.25) is 0 Å². The van der Waals surface area contributed by atoms with E-state index < -0.39 is 11.7 Å². The Bertz CT molecular complexity index is 1350. The summed E-state index contributed by atoms with van der Waals surface area (Å²) in [6, 6.07) is 7.49. The summed E-state index contributed by atoms with van der Waals surface area (Å²) in [6.45, 7) is 5.75. The number of H-pyrrole nitrogens is 1. The number of hydrogen-bond donors (Lipinski definition) is 1. The van der Waals surface area contributed by atoms with Crippen molar-refractivity contribution in [2.45, 2.75) is 32.5 Å². The highest BCUT2D eigenvalue weighted by Crippen LogP contribution is 2.30. The fourth-order valence-corrected chi connectivity index (χ4v) is 4.80. The van der Waals surface area contributed by atoms with E-state index in [0.29, 0.717) is 36.3 Å². The quantitative estimate of drug-likeness (QED) is 0.578. The number of rotatable bonds is 3. The van der Waals surface area contributed by atoms with Crippen molar-refractivity contribution in [3.05, 3.63) is 62.6 Å². The fraction of sp³-hybridized carbons (Fsp3) is 0.417. The lowest BCUT2D eigenvalue weighted by molar-refractivity contribution is 0.0594. The van der Waals surface area contributed by atoms with Crippen LogP contribution in [-0.2, 0) is 17.8 Å². The molecule has 10 heteroatoms. The molecule has 3 aromatic rings. The maximum atomic E-state index is 12.7. The number of ether oxygens (including phenoxy) is 2. The summed E-state index contributed by atoms with van der Waals surface area (Å²) in [5, 5.41) is 0.463. The number of aromatic nitrogens is 3. The zero-order valence-corrected chi connectivity index (χ0v) is 19.2. The third-order valence-corrected chi connectivity index (χ3v) is 6.67. The monoisotopic (exact) mass is 465 g/mol. The Morgan fingerprint density at radius 3 is 2.85 bits per heavy atom. The first-order valence-corrected chi connectivity index (χ1v) is 11.4. The molecular weight excluding hydrogens is 438 g/mol. The first kappa shape index (κ1) is 22.1. The summed E-state index contributed by atoms with van der Waals surface area (Å²) < 4.78 is 12.0. The van der Waals surface area contributed by atoms with Crippen molar-refractivity contribution in [3.8, 4) is 5.75 Å². The largest absolute Gasteiger partial charge is 0.493 e. The van der Waals surface area contributed by atoms with Crippen molar-refractivity contribution >= 4 is 22.6 Å². The van der Waals surface area contributed by atoms with Gasteiger partial charge in [0, 0.05) is 44.3 Å². The number of hydrogen-bond acceptors (Lipinski definition) is 8. The predicted octanol–water partition coefficient (Wildman–Crippen LogP) is 1.36. The van der Waals surface area contributed by atoms with Crippen molar-refractivity contribution in [1.29, 1.82) is 0 Å². The van der Waals surface area contributed by atoms with Crippen LogP contribution in [0.25, 0.3) is 10.9 Å². The third kappa shape index (κ3) is 3.94. The van der Waals surface area contributed by atoms with Crippen molar-refractivity contribution in [3.63, 3.8) is 0 Å². The van der Waals surface area contributed by atoms with Crippen LogP contribution in [0.4, 0.5) is 5.69 Å². The maximum Gasteiger partial charge on any atom is 0.356 e. The number of benzene rings is 1. The van der Waals surface area contributed by atoms with Crippen LogP contribution >= 0.6 is 0 Å². The minimum atomic E-state index is -0.449. The molecule has 34 heavy (non-hydrogen) atoms. The van der Waals surface area contributed by atoms with Gasteiger partial charge in [0.15, 0.2) is 0 Å². The molecule has 2 aliphatic rings. The molecule has 0 amide bonds. The van der Waals surface area contributed by atoms with Gasteiger partial charge in [-0.2, -0.15) is 0 Å². The molecule has 1 aromatic carbocycles. The van der Waals surface area contributed by atoms with Gasteiger partial charge in [-0.3, -0.25) is 14.3 Å². The highest BCUT2D eigenvalue weighted by atomic mass is 16.5. The van der Waals surface area contributed by atoms with E-state index in [0.717, 1.165) is 37.3 Å². The molecule has 0 spiro atoms. The second-order valence-corrected chi connectivity index (χ2v) is 8.59. The zero-order valence-electron chi connectivity index (χ0n) is 19.2. The molecule has 5 rings (SSSR count). The minimum Gasteiger partial charge on any atom is -0.493 e. The maximum absolute atomic E-state index is 12.7. The van der Waals surface area contributed by atoms with E-state index in [1.54, 1.807) is 25.3 Å². The number of carbonyl (C=O) groups excluding carboxylic acids is 1. The van der Waals surface area contributed by atoms with Crippen LogP contribution in [0.1, 0.15) is 29.4 Å². The number of fused-ring (bicyclic) bond motifs is 3. The Morgan fingerprint density at radius 1 is 1.26 bits per heavy atom. The van der Waals surface area contributed by atoms with E-state index in [-0.39, 0.29) is 17.3 Å². The lowest BCUT2D eigenvalue weighted by Crippen LogP contribution is -2.53. The summed E-state index contributed by atoms with van der Waals surface area (Å²) in [6.07, 6.45) is 2.55. The van der Waals surface area contributed by atoms with Gasteiger partial charge in [-0.25, -0.2) is 14.6 Å². The molecule has 4 heterocycles. The van der Waals surface area contributed by atoms with Gasteiger partial charge in [-0.05, 0) is 37.6 Å². The number of piperazine rings is 1. The van der Waals surface area contributed by atoms with Gasteiger partial charge in [-0.15, -0.1) is 0 Å². The Balaban J connectivity index is 1.38. The van der Waals surface area contributed by atoms with Crippen molar-refractivity contribution in [1.82, 2.24) is 19.4 Å². The molecule has 10 nitrogen and oxygen atoms in total. The highest BCUT2D eigenvalue weighted by molar-refractivity contribution is 5.87. The number of nitrogens with one attached hydrogen (secondary N) is 1. The van der Waals surface area contributed by atoms with Crippen LogP contribution in [0.3, 0.4) is 0 Å². The smallest absolute Gasteiger partial charge is 0.356 e. The molecule has 1 N–H and O–H groups in total. The van der Waals surface area contributed by atoms with E-state index in [1.165, 1.54) is 11.7 Å². The number of aromatic amines is 1. The molecule has 0 radical (unpaired) electrons. The van der Waals surface area contributed by atoms with Gasteiger partial charge in [0.05, 0.1) is 36.5 Å². The molecular formula is C24H27N5O5. The van der Waals surface area contributed by atoms with Crippen LogP contribution in [0, 0.1) is 0 Å². The Morgan fingerprint density at radius 2 is 2.12 bits per heavy atom. The standard InChI is InChI=1S/C24H27N5O5/c1-3-29-22(30)18-11-21-15(10-20(18)26-24(29)32)13-27-7-8-28(14-17(27)6-9-34-21)16-4-5-19(25-12-16)23(31)33-2/h4-5,10-12,17H,3,6-9,13-14H2,1-2H3,(H,26,32)/t17-/m0/s1.